The lowest BCUT2D eigenvalue weighted by atomic mass is 10.1. The fourth-order valence-electron chi connectivity index (χ4n) is 1.46. The molecular formula is C14H12O4S. The van der Waals surface area contributed by atoms with Gasteiger partial charge in [-0.1, -0.05) is 0 Å². The molecule has 0 radical (unpaired) electrons. The van der Waals surface area contributed by atoms with Gasteiger partial charge in [0.2, 0.25) is 0 Å². The van der Waals surface area contributed by atoms with Gasteiger partial charge >= 0.3 is 5.97 Å². The van der Waals surface area contributed by atoms with Crippen LogP contribution >= 0.6 is 11.3 Å². The van der Waals surface area contributed by atoms with Crippen LogP contribution in [0.3, 0.4) is 0 Å². The van der Waals surface area contributed by atoms with Gasteiger partial charge in [-0.3, -0.25) is 4.79 Å². The van der Waals surface area contributed by atoms with Crippen molar-refractivity contribution in [3.8, 4) is 5.75 Å². The van der Waals surface area contributed by atoms with Gasteiger partial charge < -0.3 is 9.47 Å². The third-order valence-corrected chi connectivity index (χ3v) is 3.19. The van der Waals surface area contributed by atoms with E-state index in [9.17, 15) is 9.59 Å². The second kappa shape index (κ2) is 6.15. The molecule has 1 heterocycles. The Morgan fingerprint density at radius 2 is 1.84 bits per heavy atom. The van der Waals surface area contributed by atoms with Crippen LogP contribution in [0.4, 0.5) is 0 Å². The highest BCUT2D eigenvalue weighted by Gasteiger charge is 2.12. The van der Waals surface area contributed by atoms with Crippen LogP contribution in [-0.2, 0) is 4.74 Å². The number of benzene rings is 1. The molecule has 2 aromatic rings. The summed E-state index contributed by atoms with van der Waals surface area (Å²) in [4.78, 5) is 23.4. The topological polar surface area (TPSA) is 52.6 Å². The van der Waals surface area contributed by atoms with Crippen LogP contribution in [0, 0.1) is 0 Å². The Morgan fingerprint density at radius 1 is 1.11 bits per heavy atom. The number of rotatable bonds is 5. The number of hydrogen-bond donors (Lipinski definition) is 0. The summed E-state index contributed by atoms with van der Waals surface area (Å²) < 4.78 is 9.95. The second-order valence-electron chi connectivity index (χ2n) is 3.74. The van der Waals surface area contributed by atoms with Gasteiger partial charge in [0.25, 0.3) is 0 Å². The van der Waals surface area contributed by atoms with Crippen molar-refractivity contribution in [1.82, 2.24) is 0 Å². The molecule has 5 heteroatoms. The summed E-state index contributed by atoms with van der Waals surface area (Å²) in [6.07, 6.45) is 0. The zero-order valence-corrected chi connectivity index (χ0v) is 11.1. The average molecular weight is 276 g/mol. The molecule has 1 aromatic carbocycles. The molecule has 0 aliphatic carbocycles. The lowest BCUT2D eigenvalue weighted by Gasteiger charge is -2.04. The molecule has 19 heavy (non-hydrogen) atoms. The Labute approximate surface area is 114 Å². The van der Waals surface area contributed by atoms with Crippen LogP contribution in [0.1, 0.15) is 20.7 Å². The van der Waals surface area contributed by atoms with Crippen LogP contribution in [0.25, 0.3) is 0 Å². The molecule has 2 rings (SSSR count). The minimum absolute atomic E-state index is 0.244. The van der Waals surface area contributed by atoms with Crippen molar-refractivity contribution >= 4 is 23.1 Å². The quantitative estimate of drug-likeness (QED) is 0.622. The van der Waals surface area contributed by atoms with Gasteiger partial charge in [0, 0.05) is 10.9 Å². The molecule has 0 bridgehead atoms. The predicted molar refractivity (Wildman–Crippen MR) is 71.9 cm³/mol. The third kappa shape index (κ3) is 3.42. The molecule has 0 spiro atoms. The van der Waals surface area contributed by atoms with Crippen molar-refractivity contribution in [2.24, 2.45) is 0 Å². The summed E-state index contributed by atoms with van der Waals surface area (Å²) in [5.74, 6) is -0.0545. The minimum Gasteiger partial charge on any atom is -0.497 e. The van der Waals surface area contributed by atoms with Gasteiger partial charge in [0.15, 0.2) is 12.4 Å². The van der Waals surface area contributed by atoms with E-state index < -0.39 is 5.97 Å². The number of esters is 1. The number of Topliss-reactive ketones (excluding diaryl/α,β-unsaturated/α-hetero) is 1. The maximum atomic E-state index is 11.8. The highest BCUT2D eigenvalue weighted by molar-refractivity contribution is 7.08. The van der Waals surface area contributed by atoms with E-state index >= 15 is 0 Å². The van der Waals surface area contributed by atoms with Gasteiger partial charge in [-0.2, -0.15) is 11.3 Å². The van der Waals surface area contributed by atoms with Crippen molar-refractivity contribution in [1.29, 1.82) is 0 Å². The zero-order valence-electron chi connectivity index (χ0n) is 10.3. The molecule has 0 aliphatic rings. The Balaban J connectivity index is 1.92. The highest BCUT2D eigenvalue weighted by atomic mass is 32.1. The minimum atomic E-state index is -0.483. The molecule has 0 aliphatic heterocycles. The summed E-state index contributed by atoms with van der Waals surface area (Å²) in [5, 5.41) is 3.46. The SMILES string of the molecule is COc1ccc(C(=O)COC(=O)c2ccsc2)cc1. The van der Waals surface area contributed by atoms with Crippen LogP contribution in [0.5, 0.6) is 5.75 Å². The predicted octanol–water partition coefficient (Wildman–Crippen LogP) is 2.80. The summed E-state index contributed by atoms with van der Waals surface area (Å²) in [6.45, 7) is -0.263. The smallest absolute Gasteiger partial charge is 0.339 e. The van der Waals surface area contributed by atoms with Crippen LogP contribution < -0.4 is 4.74 Å². The van der Waals surface area contributed by atoms with E-state index in [0.717, 1.165) is 0 Å². The van der Waals surface area contributed by atoms with E-state index in [0.29, 0.717) is 16.9 Å². The van der Waals surface area contributed by atoms with Gasteiger partial charge in [0.1, 0.15) is 5.75 Å². The van der Waals surface area contributed by atoms with Crippen molar-refractivity contribution < 1.29 is 19.1 Å². The molecule has 4 nitrogen and oxygen atoms in total. The summed E-state index contributed by atoms with van der Waals surface area (Å²) >= 11 is 1.40. The Hall–Kier alpha value is -2.14. The number of methoxy groups -OCH3 is 1. The Morgan fingerprint density at radius 3 is 2.42 bits per heavy atom. The zero-order chi connectivity index (χ0) is 13.7. The maximum absolute atomic E-state index is 11.8. The maximum Gasteiger partial charge on any atom is 0.339 e. The molecule has 0 atom stereocenters. The van der Waals surface area contributed by atoms with Crippen LogP contribution in [-0.4, -0.2) is 25.5 Å². The number of carbonyl (C=O) groups excluding carboxylic acids is 2. The fourth-order valence-corrected chi connectivity index (χ4v) is 2.08. The van der Waals surface area contributed by atoms with Crippen LogP contribution in [0.15, 0.2) is 41.1 Å². The van der Waals surface area contributed by atoms with E-state index in [4.69, 9.17) is 9.47 Å². The van der Waals surface area contributed by atoms with Crippen LogP contribution in [0.2, 0.25) is 0 Å². The van der Waals surface area contributed by atoms with Gasteiger partial charge in [0.05, 0.1) is 12.7 Å². The first-order valence-electron chi connectivity index (χ1n) is 5.57. The molecule has 0 saturated heterocycles. The Bertz CT molecular complexity index is 558. The largest absolute Gasteiger partial charge is 0.497 e. The molecule has 0 saturated carbocycles. The van der Waals surface area contributed by atoms with E-state index in [2.05, 4.69) is 0 Å². The normalized spacial score (nSPS) is 9.95. The summed E-state index contributed by atoms with van der Waals surface area (Å²) in [6, 6.07) is 8.31. The first kappa shape index (κ1) is 13.3. The molecule has 1 aromatic heterocycles. The lowest BCUT2D eigenvalue weighted by molar-refractivity contribution is 0.0475. The first-order valence-corrected chi connectivity index (χ1v) is 6.51. The third-order valence-electron chi connectivity index (χ3n) is 2.50. The highest BCUT2D eigenvalue weighted by Crippen LogP contribution is 2.12. The second-order valence-corrected chi connectivity index (χ2v) is 4.52. The fraction of sp³-hybridized carbons (Fsp3) is 0.143. The van der Waals surface area contributed by atoms with E-state index in [1.807, 2.05) is 0 Å². The number of carbonyl (C=O) groups is 2. The molecule has 0 fully saturated rings. The van der Waals surface area contributed by atoms with E-state index in [1.54, 1.807) is 48.2 Å². The lowest BCUT2D eigenvalue weighted by Crippen LogP contribution is -2.13. The van der Waals surface area contributed by atoms with Crippen molar-refractivity contribution in [2.45, 2.75) is 0 Å². The summed E-state index contributed by atoms with van der Waals surface area (Å²) in [7, 11) is 1.56. The van der Waals surface area contributed by atoms with Crippen molar-refractivity contribution in [2.75, 3.05) is 13.7 Å². The Kier molecular flexibility index (Phi) is 4.30. The summed E-state index contributed by atoms with van der Waals surface area (Å²) in [5.41, 5.74) is 0.950. The number of thiophene rings is 1. The monoisotopic (exact) mass is 276 g/mol. The average Bonchev–Trinajstić information content (AvgIpc) is 2.98. The molecule has 0 N–H and O–H groups in total. The van der Waals surface area contributed by atoms with Crippen molar-refractivity contribution in [3.63, 3.8) is 0 Å². The van der Waals surface area contributed by atoms with Gasteiger partial charge in [-0.05, 0) is 35.7 Å². The first-order chi connectivity index (χ1) is 9.20. The van der Waals surface area contributed by atoms with E-state index in [1.165, 1.54) is 11.3 Å². The van der Waals surface area contributed by atoms with E-state index in [-0.39, 0.29) is 12.4 Å². The molecule has 98 valence electrons. The molecule has 0 unspecified atom stereocenters. The standard InChI is InChI=1S/C14H12O4S/c1-17-12-4-2-10(3-5-12)13(15)8-18-14(16)11-6-7-19-9-11/h2-7,9H,8H2,1H3. The van der Waals surface area contributed by atoms with Crippen molar-refractivity contribution in [3.05, 3.63) is 52.2 Å². The van der Waals surface area contributed by atoms with Gasteiger partial charge in [-0.15, -0.1) is 0 Å². The molecular weight excluding hydrogens is 264 g/mol. The number of ketones is 1. The van der Waals surface area contributed by atoms with Gasteiger partial charge in [-0.25, -0.2) is 4.79 Å². The number of hydrogen-bond acceptors (Lipinski definition) is 5. The number of ether oxygens (including phenoxy) is 2. The molecule has 0 amide bonds.